The summed E-state index contributed by atoms with van der Waals surface area (Å²) < 4.78 is 5.59. The Balaban J connectivity index is 1.16. The van der Waals surface area contributed by atoms with Crippen molar-refractivity contribution in [2.45, 2.75) is 39.5 Å². The molecule has 2 aromatic heterocycles. The third kappa shape index (κ3) is 6.61. The average Bonchev–Trinajstić information content (AvgIpc) is 3.68. The molecule has 45 heavy (non-hydrogen) atoms. The lowest BCUT2D eigenvalue weighted by molar-refractivity contribution is 0.0548. The van der Waals surface area contributed by atoms with Crippen LogP contribution in [0.3, 0.4) is 0 Å². The summed E-state index contributed by atoms with van der Waals surface area (Å²) in [4.78, 5) is 50.9. The van der Waals surface area contributed by atoms with Gasteiger partial charge in [0.05, 0.1) is 5.69 Å². The van der Waals surface area contributed by atoms with E-state index >= 15 is 0 Å². The lowest BCUT2D eigenvalue weighted by Crippen LogP contribution is -2.48. The number of ether oxygens (including phenoxy) is 1. The fourth-order valence-corrected chi connectivity index (χ4v) is 5.85. The maximum atomic E-state index is 13.3. The molecule has 9 nitrogen and oxygen atoms in total. The van der Waals surface area contributed by atoms with Gasteiger partial charge in [-0.3, -0.25) is 15.0 Å². The Morgan fingerprint density at radius 1 is 0.911 bits per heavy atom. The maximum absolute atomic E-state index is 13.3. The van der Waals surface area contributed by atoms with E-state index < -0.39 is 17.6 Å². The third-order valence-corrected chi connectivity index (χ3v) is 8.14. The number of aromatic nitrogens is 2. The third-order valence-electron chi connectivity index (χ3n) is 7.22. The highest BCUT2D eigenvalue weighted by atomic mass is 32.1. The second-order valence-electron chi connectivity index (χ2n) is 11.6. The molecule has 0 atom stereocenters. The van der Waals surface area contributed by atoms with E-state index in [0.29, 0.717) is 29.9 Å². The Morgan fingerprint density at radius 3 is 2.29 bits per heavy atom. The second-order valence-corrected chi connectivity index (χ2v) is 12.5. The van der Waals surface area contributed by atoms with Crippen LogP contribution in [-0.4, -0.2) is 38.4 Å². The minimum absolute atomic E-state index is 0.0522. The summed E-state index contributed by atoms with van der Waals surface area (Å²) in [5, 5.41) is 3.12. The number of nitrogens with zero attached hydrogens (tertiary/aromatic N) is 4. The standard InChI is InChI=1S/C35H31N5O4S/c1-35(2,3)44-34(43)40(27-15-13-24(14-16-27)31-8-5-17-45-31)38-32(41)25-11-9-23(10-12-25)20-39-21-30-28(26-18-36-22-37-19-26)6-4-7-29(30)33(39)42/h4-19,22H,20-21H2,1-3H3,(H,38,41). The van der Waals surface area contributed by atoms with Gasteiger partial charge in [0.25, 0.3) is 11.8 Å². The number of hydrogen-bond donors (Lipinski definition) is 1. The highest BCUT2D eigenvalue weighted by molar-refractivity contribution is 7.13. The molecule has 0 bridgehead atoms. The number of carbonyl (C=O) groups is 3. The lowest BCUT2D eigenvalue weighted by atomic mass is 9.99. The summed E-state index contributed by atoms with van der Waals surface area (Å²) in [7, 11) is 0. The normalized spacial score (nSPS) is 12.5. The summed E-state index contributed by atoms with van der Waals surface area (Å²) in [6, 6.07) is 24.0. The van der Waals surface area contributed by atoms with Crippen LogP contribution >= 0.6 is 11.3 Å². The number of anilines is 1. The zero-order chi connectivity index (χ0) is 31.6. The molecule has 3 amide bonds. The van der Waals surface area contributed by atoms with E-state index in [2.05, 4.69) is 15.4 Å². The first-order valence-electron chi connectivity index (χ1n) is 14.4. The molecule has 6 rings (SSSR count). The second kappa shape index (κ2) is 12.3. The first-order chi connectivity index (χ1) is 21.7. The molecule has 1 aliphatic rings. The van der Waals surface area contributed by atoms with Crippen LogP contribution in [0.15, 0.2) is 103 Å². The van der Waals surface area contributed by atoms with Crippen LogP contribution in [0.4, 0.5) is 10.5 Å². The van der Waals surface area contributed by atoms with Crippen LogP contribution in [-0.2, 0) is 17.8 Å². The molecule has 0 saturated heterocycles. The van der Waals surface area contributed by atoms with Gasteiger partial charge < -0.3 is 9.64 Å². The Morgan fingerprint density at radius 2 is 1.62 bits per heavy atom. The van der Waals surface area contributed by atoms with Gasteiger partial charge in [-0.25, -0.2) is 14.8 Å². The molecule has 226 valence electrons. The number of fused-ring (bicyclic) bond motifs is 1. The summed E-state index contributed by atoms with van der Waals surface area (Å²) in [6.45, 7) is 6.14. The molecule has 1 N–H and O–H groups in total. The molecule has 0 radical (unpaired) electrons. The topological polar surface area (TPSA) is 105 Å². The van der Waals surface area contributed by atoms with Gasteiger partial charge in [-0.1, -0.05) is 42.5 Å². The van der Waals surface area contributed by atoms with Gasteiger partial charge >= 0.3 is 6.09 Å². The van der Waals surface area contributed by atoms with Crippen molar-refractivity contribution in [3.05, 3.63) is 125 Å². The molecule has 0 unspecified atom stereocenters. The Bertz CT molecular complexity index is 1830. The molecular weight excluding hydrogens is 586 g/mol. The molecule has 3 heterocycles. The number of benzene rings is 3. The fraction of sp³-hybridized carbons (Fsp3) is 0.171. The van der Waals surface area contributed by atoms with E-state index in [-0.39, 0.29) is 5.91 Å². The number of hydrogen-bond acceptors (Lipinski definition) is 7. The summed E-state index contributed by atoms with van der Waals surface area (Å²) >= 11 is 1.62. The highest BCUT2D eigenvalue weighted by Crippen LogP contribution is 2.33. The molecule has 0 saturated carbocycles. The Hall–Kier alpha value is -5.35. The molecule has 10 heteroatoms. The summed E-state index contributed by atoms with van der Waals surface area (Å²) in [5.41, 5.74) is 8.03. The number of rotatable bonds is 6. The number of thiophene rings is 1. The number of nitrogens with one attached hydrogen (secondary N) is 1. The van der Waals surface area contributed by atoms with Crippen molar-refractivity contribution in [2.75, 3.05) is 5.01 Å². The lowest BCUT2D eigenvalue weighted by Gasteiger charge is -2.27. The Labute approximate surface area is 265 Å². The van der Waals surface area contributed by atoms with Gasteiger partial charge in [0.15, 0.2) is 0 Å². The van der Waals surface area contributed by atoms with Gasteiger partial charge in [0.2, 0.25) is 0 Å². The molecular formula is C35H31N5O4S. The highest BCUT2D eigenvalue weighted by Gasteiger charge is 2.30. The van der Waals surface area contributed by atoms with Crippen LogP contribution < -0.4 is 10.4 Å². The molecule has 3 aromatic carbocycles. The van der Waals surface area contributed by atoms with Crippen LogP contribution in [0.25, 0.3) is 21.6 Å². The van der Waals surface area contributed by atoms with E-state index in [1.807, 2.05) is 60.0 Å². The van der Waals surface area contributed by atoms with Gasteiger partial charge in [-0.05, 0) is 84.8 Å². The van der Waals surface area contributed by atoms with Crippen molar-refractivity contribution in [3.63, 3.8) is 0 Å². The molecule has 0 spiro atoms. The smallest absolute Gasteiger partial charge is 0.434 e. The number of hydrazine groups is 1. The molecule has 1 aliphatic heterocycles. The molecule has 0 fully saturated rings. The SMILES string of the molecule is CC(C)(C)OC(=O)N(NC(=O)c1ccc(CN2Cc3c(cccc3-c3cncnc3)C2=O)cc1)c1ccc(-c2cccs2)cc1. The van der Waals surface area contributed by atoms with E-state index in [1.165, 1.54) is 6.33 Å². The summed E-state index contributed by atoms with van der Waals surface area (Å²) in [6.07, 6.45) is 4.25. The van der Waals surface area contributed by atoms with E-state index in [1.54, 1.807) is 73.7 Å². The van der Waals surface area contributed by atoms with Crippen molar-refractivity contribution in [1.82, 2.24) is 20.3 Å². The van der Waals surface area contributed by atoms with Crippen molar-refractivity contribution < 1.29 is 19.1 Å². The zero-order valence-electron chi connectivity index (χ0n) is 25.1. The zero-order valence-corrected chi connectivity index (χ0v) is 25.9. The first-order valence-corrected chi connectivity index (χ1v) is 15.3. The minimum atomic E-state index is -0.763. The molecule has 5 aromatic rings. The van der Waals surface area contributed by atoms with Crippen molar-refractivity contribution in [2.24, 2.45) is 0 Å². The average molecular weight is 618 g/mol. The van der Waals surface area contributed by atoms with Crippen molar-refractivity contribution >= 4 is 34.9 Å². The first kappa shape index (κ1) is 29.7. The predicted octanol–water partition coefficient (Wildman–Crippen LogP) is 7.11. The summed E-state index contributed by atoms with van der Waals surface area (Å²) in [5.74, 6) is -0.530. The van der Waals surface area contributed by atoms with Gasteiger partial charge in [-0.15, -0.1) is 11.3 Å². The Kier molecular flexibility index (Phi) is 8.14. The largest absolute Gasteiger partial charge is 0.442 e. The number of carbonyl (C=O) groups excluding carboxylic acids is 3. The fourth-order valence-electron chi connectivity index (χ4n) is 5.12. The van der Waals surface area contributed by atoms with Crippen LogP contribution in [0.1, 0.15) is 52.6 Å². The van der Waals surface area contributed by atoms with Gasteiger partial charge in [0.1, 0.15) is 11.9 Å². The van der Waals surface area contributed by atoms with E-state index in [4.69, 9.17) is 4.74 Å². The minimum Gasteiger partial charge on any atom is -0.442 e. The monoisotopic (exact) mass is 617 g/mol. The van der Waals surface area contributed by atoms with E-state index in [0.717, 1.165) is 37.7 Å². The maximum Gasteiger partial charge on any atom is 0.434 e. The van der Waals surface area contributed by atoms with Crippen LogP contribution in [0.5, 0.6) is 0 Å². The van der Waals surface area contributed by atoms with Gasteiger partial charge in [0, 0.05) is 47.1 Å². The van der Waals surface area contributed by atoms with Crippen LogP contribution in [0, 0.1) is 0 Å². The van der Waals surface area contributed by atoms with Crippen molar-refractivity contribution in [1.29, 1.82) is 0 Å². The molecule has 0 aliphatic carbocycles. The predicted molar refractivity (Wildman–Crippen MR) is 173 cm³/mol. The van der Waals surface area contributed by atoms with E-state index in [9.17, 15) is 14.4 Å². The van der Waals surface area contributed by atoms with Gasteiger partial charge in [-0.2, -0.15) is 5.01 Å². The van der Waals surface area contributed by atoms with Crippen molar-refractivity contribution in [3.8, 4) is 21.6 Å². The number of amides is 3. The quantitative estimate of drug-likeness (QED) is 0.204. The van der Waals surface area contributed by atoms with Crippen LogP contribution in [0.2, 0.25) is 0 Å².